The number of nitrogens with zero attached hydrogens (tertiary/aromatic N) is 2. The van der Waals surface area contributed by atoms with Gasteiger partial charge in [0.15, 0.2) is 5.96 Å². The first-order valence-electron chi connectivity index (χ1n) is 26.0. The average Bonchev–Trinajstić information content (AvgIpc) is 4.09. The molecule has 78 heavy (non-hydrogen) atoms. The molecule has 1 aromatic heterocycles. The van der Waals surface area contributed by atoms with Crippen molar-refractivity contribution in [2.24, 2.45) is 45.3 Å². The van der Waals surface area contributed by atoms with Crippen LogP contribution in [0.5, 0.6) is 0 Å². The lowest BCUT2D eigenvalue weighted by molar-refractivity contribution is -0.142. The van der Waals surface area contributed by atoms with Gasteiger partial charge in [0.2, 0.25) is 65.0 Å². The SMILES string of the molecule is CC[C@H](C)[C@@H]1NC(=O)[C@@H](Cc2cc3ccccc3[nH]2)NC(=O)[C@@H](N)C2(CCCCC2)SSC[C@@H](C(=O)N2CCC[C@H]2C(=O)N[C@H](CCCN=C(N)N)C(=O)NCC(N)=O)NC(=O)[C@H](CC(N)=O)NC(=O)[C@@H](CC(N)=O)NC1=O. The third kappa shape index (κ3) is 17.4. The number of hydrogen-bond acceptors (Lipinski definition) is 15. The van der Waals surface area contributed by atoms with Crippen LogP contribution in [0.2, 0.25) is 0 Å². The van der Waals surface area contributed by atoms with Gasteiger partial charge in [0.25, 0.3) is 0 Å². The second-order valence-corrected chi connectivity index (χ2v) is 22.7. The van der Waals surface area contributed by atoms with Crippen molar-refractivity contribution in [1.82, 2.24) is 47.1 Å². The van der Waals surface area contributed by atoms with Crippen LogP contribution >= 0.6 is 21.6 Å². The highest BCUT2D eigenvalue weighted by Gasteiger charge is 2.46. The van der Waals surface area contributed by atoms with Gasteiger partial charge in [-0.1, -0.05) is 79.3 Å². The quantitative estimate of drug-likeness (QED) is 0.0298. The summed E-state index contributed by atoms with van der Waals surface area (Å²) in [5.74, 6) is -10.9. The predicted molar refractivity (Wildman–Crippen MR) is 291 cm³/mol. The summed E-state index contributed by atoms with van der Waals surface area (Å²) in [7, 11) is 2.33. The molecule has 9 atom stereocenters. The van der Waals surface area contributed by atoms with Crippen LogP contribution in [0.15, 0.2) is 35.3 Å². The molecule has 428 valence electrons. The highest BCUT2D eigenvalue weighted by Crippen LogP contribution is 2.48. The van der Waals surface area contributed by atoms with E-state index in [1.807, 2.05) is 30.3 Å². The number of aromatic nitrogens is 1. The topological polar surface area (TPSA) is 459 Å². The van der Waals surface area contributed by atoms with Gasteiger partial charge < -0.3 is 81.5 Å². The first-order chi connectivity index (χ1) is 37.0. The third-order valence-corrected chi connectivity index (χ3v) is 17.3. The van der Waals surface area contributed by atoms with Crippen LogP contribution in [0.3, 0.4) is 0 Å². The molecule has 2 aromatic rings. The van der Waals surface area contributed by atoms with E-state index in [-0.39, 0.29) is 50.5 Å². The van der Waals surface area contributed by atoms with Crippen molar-refractivity contribution in [3.8, 4) is 0 Å². The summed E-state index contributed by atoms with van der Waals surface area (Å²) in [5, 5.41) is 19.0. The summed E-state index contributed by atoms with van der Waals surface area (Å²) >= 11 is 0. The summed E-state index contributed by atoms with van der Waals surface area (Å²) in [6.45, 7) is 3.01. The molecule has 27 nitrogen and oxygen atoms in total. The lowest BCUT2D eigenvalue weighted by atomic mass is 9.82. The normalized spacial score (nSPS) is 24.5. The second-order valence-electron chi connectivity index (χ2n) is 19.9. The molecule has 29 heteroatoms. The number of nitrogens with two attached hydrogens (primary N) is 6. The van der Waals surface area contributed by atoms with E-state index in [4.69, 9.17) is 34.4 Å². The summed E-state index contributed by atoms with van der Waals surface area (Å²) in [4.78, 5) is 159. The number of amides is 11. The maximum Gasteiger partial charge on any atom is 0.246 e. The van der Waals surface area contributed by atoms with E-state index in [2.05, 4.69) is 47.2 Å². The minimum Gasteiger partial charge on any atom is -0.370 e. The number of aliphatic imine (C=N–C) groups is 1. The van der Waals surface area contributed by atoms with E-state index >= 15 is 0 Å². The molecular weight excluding hydrogens is 1050 g/mol. The number of fused-ring (bicyclic) bond motifs is 1. The van der Waals surface area contributed by atoms with E-state index in [0.717, 1.165) is 28.1 Å². The van der Waals surface area contributed by atoms with Gasteiger partial charge >= 0.3 is 0 Å². The Labute approximate surface area is 458 Å². The zero-order chi connectivity index (χ0) is 57.3. The first-order valence-corrected chi connectivity index (χ1v) is 28.3. The minimum absolute atomic E-state index is 0.00949. The van der Waals surface area contributed by atoms with Crippen molar-refractivity contribution >= 4 is 103 Å². The second kappa shape index (κ2) is 29.0. The standard InChI is InChI=1S/C49H74N16O11S2/c1-3-25(2)38-45(74)61-32(22-36(51)67)41(70)60-31(21-35(50)66)42(71)63-33(47(76)65-18-10-14-34(65)44(73)59-29(13-9-17-56-48(54)55)40(69)57-23-37(52)68)24-77-78-49(15-7-4-8-16-49)39(53)46(75)62-30(43(72)64-38)20-27-19-26-11-5-6-12-28(26)58-27/h5-6,11-12,19,25,29-34,38-39,58H,3-4,7-10,13-18,20-24,53H2,1-2H3,(H2,50,66)(H2,51,67)(H2,52,68)(H,57,69)(H,59,73)(H,60,70)(H,61,74)(H,62,75)(H,63,71)(H,64,72)(H4,54,55,56)/t25-,29+,30+,31-,32+,33-,34-,38-,39+/m0/s1. The molecule has 3 heterocycles. The molecule has 3 fully saturated rings. The van der Waals surface area contributed by atoms with Crippen LogP contribution < -0.4 is 71.6 Å². The maximum absolute atomic E-state index is 14.9. The number of carbonyl (C=O) groups excluding carboxylic acids is 11. The number of aromatic amines is 1. The van der Waals surface area contributed by atoms with Crippen LogP contribution in [0, 0.1) is 5.92 Å². The van der Waals surface area contributed by atoms with Crippen LogP contribution in [-0.2, 0) is 59.2 Å². The summed E-state index contributed by atoms with van der Waals surface area (Å²) in [6, 6.07) is -2.21. The molecule has 1 aromatic carbocycles. The highest BCUT2D eigenvalue weighted by atomic mass is 33.1. The Morgan fingerprint density at radius 3 is 2.05 bits per heavy atom. The molecule has 1 spiro atoms. The highest BCUT2D eigenvalue weighted by molar-refractivity contribution is 8.77. The largest absolute Gasteiger partial charge is 0.370 e. The number of hydrogen-bond donors (Lipinski definition) is 14. The summed E-state index contributed by atoms with van der Waals surface area (Å²) < 4.78 is -0.994. The lowest BCUT2D eigenvalue weighted by Gasteiger charge is -2.40. The van der Waals surface area contributed by atoms with Gasteiger partial charge in [-0.05, 0) is 62.0 Å². The van der Waals surface area contributed by atoms with Gasteiger partial charge in [-0.3, -0.25) is 57.7 Å². The molecule has 0 radical (unpaired) electrons. The number of para-hydroxylation sites is 1. The van der Waals surface area contributed by atoms with E-state index in [9.17, 15) is 52.7 Å². The van der Waals surface area contributed by atoms with Crippen molar-refractivity contribution in [2.75, 3.05) is 25.4 Å². The zero-order valence-corrected chi connectivity index (χ0v) is 45.4. The Morgan fingerprint density at radius 1 is 0.795 bits per heavy atom. The van der Waals surface area contributed by atoms with Gasteiger partial charge in [-0.15, -0.1) is 0 Å². The fourth-order valence-corrected chi connectivity index (χ4v) is 13.0. The van der Waals surface area contributed by atoms with E-state index in [1.165, 1.54) is 15.7 Å². The van der Waals surface area contributed by atoms with Crippen molar-refractivity contribution in [2.45, 2.75) is 150 Å². The first kappa shape index (κ1) is 61.7. The summed E-state index contributed by atoms with van der Waals surface area (Å²) in [6.07, 6.45) is 2.33. The molecule has 1 aliphatic carbocycles. The molecule has 2 aliphatic heterocycles. The van der Waals surface area contributed by atoms with Gasteiger partial charge in [-0.25, -0.2) is 0 Å². The van der Waals surface area contributed by atoms with Crippen molar-refractivity contribution < 1.29 is 52.7 Å². The number of guanidine groups is 1. The number of rotatable bonds is 18. The van der Waals surface area contributed by atoms with Crippen molar-refractivity contribution in [1.29, 1.82) is 0 Å². The van der Waals surface area contributed by atoms with Crippen LogP contribution in [-0.4, -0.2) is 159 Å². The predicted octanol–water partition coefficient (Wildman–Crippen LogP) is -3.51. The van der Waals surface area contributed by atoms with Crippen LogP contribution in [0.1, 0.15) is 96.6 Å². The molecule has 5 rings (SSSR count). The molecule has 20 N–H and O–H groups in total. The van der Waals surface area contributed by atoms with Crippen LogP contribution in [0.25, 0.3) is 10.9 Å². The zero-order valence-electron chi connectivity index (χ0n) is 43.8. The fraction of sp³-hybridized carbons (Fsp3) is 0.592. The minimum atomic E-state index is -1.81. The maximum atomic E-state index is 14.9. The van der Waals surface area contributed by atoms with E-state index < -0.39 is 143 Å². The Morgan fingerprint density at radius 2 is 1.42 bits per heavy atom. The molecule has 0 unspecified atom stereocenters. The van der Waals surface area contributed by atoms with Crippen LogP contribution in [0.4, 0.5) is 0 Å². The molecule has 1 saturated carbocycles. The molecule has 0 bridgehead atoms. The fourth-order valence-electron chi connectivity index (χ4n) is 9.59. The monoisotopic (exact) mass is 1130 g/mol. The molecule has 11 amide bonds. The van der Waals surface area contributed by atoms with E-state index in [0.29, 0.717) is 44.2 Å². The van der Waals surface area contributed by atoms with Gasteiger partial charge in [0.1, 0.15) is 42.3 Å². The van der Waals surface area contributed by atoms with Gasteiger partial charge in [0.05, 0.1) is 30.2 Å². The Balaban J connectivity index is 1.54. The average molecular weight is 1130 g/mol. The molecular formula is C49H74N16O11S2. The van der Waals surface area contributed by atoms with Gasteiger partial charge in [-0.2, -0.15) is 0 Å². The smallest absolute Gasteiger partial charge is 0.246 e. The third-order valence-electron chi connectivity index (χ3n) is 14.0. The Kier molecular flexibility index (Phi) is 23.0. The molecule has 3 aliphatic rings. The number of primary amides is 3. The Bertz CT molecular complexity index is 2540. The number of carbonyl (C=O) groups is 11. The van der Waals surface area contributed by atoms with Crippen molar-refractivity contribution in [3.63, 3.8) is 0 Å². The molecule has 2 saturated heterocycles. The number of nitrogens with one attached hydrogen (secondary N) is 8. The summed E-state index contributed by atoms with van der Waals surface area (Å²) in [5.41, 5.74) is 35.6. The van der Waals surface area contributed by atoms with E-state index in [1.54, 1.807) is 13.8 Å². The van der Waals surface area contributed by atoms with Crippen molar-refractivity contribution in [3.05, 3.63) is 36.0 Å². The number of likely N-dealkylation sites (tertiary alicyclic amines) is 1. The van der Waals surface area contributed by atoms with Gasteiger partial charge in [0, 0.05) is 36.5 Å². The Hall–Kier alpha value is -7.14. The lowest BCUT2D eigenvalue weighted by Crippen LogP contribution is -2.63. The number of benzene rings is 1. The number of H-pyrrole nitrogens is 1.